The number of rotatable bonds is 1. The van der Waals surface area contributed by atoms with E-state index in [0.717, 1.165) is 0 Å². The summed E-state index contributed by atoms with van der Waals surface area (Å²) in [6.07, 6.45) is 4.70. The highest BCUT2D eigenvalue weighted by atomic mass is 32.2. The first kappa shape index (κ1) is 8.18. The molecule has 0 aromatic carbocycles. The molecule has 0 atom stereocenters. The molecule has 13 heavy (non-hydrogen) atoms. The monoisotopic (exact) mass is 194 g/mol. The van der Waals surface area contributed by atoms with E-state index in [1.54, 1.807) is 0 Å². The van der Waals surface area contributed by atoms with Crippen LogP contribution in [0.3, 0.4) is 0 Å². The Balaban J connectivity index is 2.85. The van der Waals surface area contributed by atoms with Crippen molar-refractivity contribution in [1.82, 2.24) is 19.9 Å². The molecule has 0 fully saturated rings. The lowest BCUT2D eigenvalue weighted by Gasteiger charge is -1.96. The van der Waals surface area contributed by atoms with Crippen molar-refractivity contribution < 1.29 is 0 Å². The Bertz CT molecular complexity index is 495. The number of H-pyrrole nitrogens is 1. The molecule has 6 heteroatoms. The van der Waals surface area contributed by atoms with Crippen LogP contribution >= 0.6 is 11.8 Å². The molecule has 0 saturated heterocycles. The first-order valence-electron chi connectivity index (χ1n) is 3.55. The largest absolute Gasteiger partial charge is 0.300 e. The van der Waals surface area contributed by atoms with Crippen LogP contribution in [0.15, 0.2) is 22.5 Å². The van der Waals surface area contributed by atoms with Gasteiger partial charge in [-0.1, -0.05) is 11.8 Å². The van der Waals surface area contributed by atoms with Crippen LogP contribution < -0.4 is 5.56 Å². The second-order valence-corrected chi connectivity index (χ2v) is 3.13. The van der Waals surface area contributed by atoms with E-state index in [9.17, 15) is 4.79 Å². The van der Waals surface area contributed by atoms with Gasteiger partial charge in [0.15, 0.2) is 10.7 Å². The summed E-state index contributed by atoms with van der Waals surface area (Å²) < 4.78 is 0. The van der Waals surface area contributed by atoms with E-state index in [-0.39, 0.29) is 5.56 Å². The fourth-order valence-corrected chi connectivity index (χ4v) is 1.35. The molecule has 0 spiro atoms. The number of aromatic nitrogens is 4. The number of aromatic amines is 1. The minimum atomic E-state index is -0.225. The first-order valence-corrected chi connectivity index (χ1v) is 4.78. The van der Waals surface area contributed by atoms with Crippen molar-refractivity contribution in [3.63, 3.8) is 0 Å². The van der Waals surface area contributed by atoms with Crippen molar-refractivity contribution >= 4 is 22.8 Å². The van der Waals surface area contributed by atoms with Gasteiger partial charge in [-0.3, -0.25) is 9.78 Å². The van der Waals surface area contributed by atoms with E-state index in [1.807, 2.05) is 6.26 Å². The minimum Gasteiger partial charge on any atom is -0.300 e. The van der Waals surface area contributed by atoms with Crippen molar-refractivity contribution in [2.24, 2.45) is 0 Å². The molecule has 0 amide bonds. The normalized spacial score (nSPS) is 10.5. The zero-order chi connectivity index (χ0) is 9.26. The molecule has 2 aromatic rings. The zero-order valence-electron chi connectivity index (χ0n) is 6.81. The molecule has 2 heterocycles. The number of thioether (sulfide) groups is 1. The van der Waals surface area contributed by atoms with Gasteiger partial charge in [0, 0.05) is 0 Å². The highest BCUT2D eigenvalue weighted by Gasteiger charge is 2.02. The molecule has 5 nitrogen and oxygen atoms in total. The average Bonchev–Trinajstić information content (AvgIpc) is 2.18. The van der Waals surface area contributed by atoms with Gasteiger partial charge in [0.2, 0.25) is 0 Å². The van der Waals surface area contributed by atoms with Crippen molar-refractivity contribution in [3.05, 3.63) is 22.9 Å². The van der Waals surface area contributed by atoms with Crippen LogP contribution in [-0.4, -0.2) is 26.2 Å². The highest BCUT2D eigenvalue weighted by Crippen LogP contribution is 2.08. The van der Waals surface area contributed by atoms with E-state index in [0.29, 0.717) is 16.2 Å². The topological polar surface area (TPSA) is 71.5 Å². The van der Waals surface area contributed by atoms with E-state index < -0.39 is 0 Å². The summed E-state index contributed by atoms with van der Waals surface area (Å²) in [5, 5.41) is 0.576. The molecule has 0 unspecified atom stereocenters. The molecule has 0 radical (unpaired) electrons. The first-order chi connectivity index (χ1) is 6.31. The lowest BCUT2D eigenvalue weighted by molar-refractivity contribution is 0.962. The Hall–Kier alpha value is -1.43. The minimum absolute atomic E-state index is 0.225. The van der Waals surface area contributed by atoms with Crippen molar-refractivity contribution in [2.75, 3.05) is 6.26 Å². The second-order valence-electron chi connectivity index (χ2n) is 2.33. The van der Waals surface area contributed by atoms with Crippen LogP contribution in [0, 0.1) is 0 Å². The third-order valence-electron chi connectivity index (χ3n) is 1.54. The van der Waals surface area contributed by atoms with Crippen molar-refractivity contribution in [3.8, 4) is 0 Å². The van der Waals surface area contributed by atoms with Crippen LogP contribution in [0.25, 0.3) is 11.0 Å². The maximum Gasteiger partial charge on any atom is 0.278 e. The van der Waals surface area contributed by atoms with E-state index in [2.05, 4.69) is 19.9 Å². The van der Waals surface area contributed by atoms with Gasteiger partial charge in [0.1, 0.15) is 11.8 Å². The Morgan fingerprint density at radius 3 is 3.15 bits per heavy atom. The third-order valence-corrected chi connectivity index (χ3v) is 2.12. The molecule has 1 N–H and O–H groups in total. The van der Waals surface area contributed by atoms with Crippen molar-refractivity contribution in [2.45, 2.75) is 5.16 Å². The number of hydrogen-bond donors (Lipinski definition) is 1. The number of nitrogens with zero attached hydrogens (tertiary/aromatic N) is 3. The smallest absolute Gasteiger partial charge is 0.278 e. The van der Waals surface area contributed by atoms with Gasteiger partial charge in [-0.2, -0.15) is 0 Å². The summed E-state index contributed by atoms with van der Waals surface area (Å²) in [5.41, 5.74) is 0.625. The highest BCUT2D eigenvalue weighted by molar-refractivity contribution is 7.98. The Kier molecular flexibility index (Phi) is 1.97. The lowest BCUT2D eigenvalue weighted by atomic mass is 10.4. The van der Waals surface area contributed by atoms with Gasteiger partial charge < -0.3 is 0 Å². The summed E-state index contributed by atoms with van der Waals surface area (Å²) in [7, 11) is 0. The Morgan fingerprint density at radius 1 is 1.54 bits per heavy atom. The summed E-state index contributed by atoms with van der Waals surface area (Å²) >= 11 is 1.38. The summed E-state index contributed by atoms with van der Waals surface area (Å²) in [5.74, 6) is 0. The van der Waals surface area contributed by atoms with Gasteiger partial charge >= 0.3 is 0 Å². The van der Waals surface area contributed by atoms with Gasteiger partial charge in [0.05, 0.1) is 6.20 Å². The van der Waals surface area contributed by atoms with Gasteiger partial charge in [-0.05, 0) is 6.26 Å². The molecular formula is C7H6N4OS. The zero-order valence-corrected chi connectivity index (χ0v) is 7.63. The molecule has 0 aliphatic carbocycles. The molecular weight excluding hydrogens is 188 g/mol. The van der Waals surface area contributed by atoms with Crippen LogP contribution in [0.1, 0.15) is 0 Å². The van der Waals surface area contributed by atoms with Gasteiger partial charge in [-0.15, -0.1) is 0 Å². The maximum atomic E-state index is 11.4. The molecule has 0 saturated carbocycles. The standard InChI is InChI=1S/C7H6N4OS/c1-13-7-10-4-2-8-3-9-5(4)6(12)11-7/h2-3H,1H3,(H,10,11,12). The quantitative estimate of drug-likeness (QED) is 0.526. The summed E-state index contributed by atoms with van der Waals surface area (Å²) in [6, 6.07) is 0. The Morgan fingerprint density at radius 2 is 2.38 bits per heavy atom. The number of nitrogens with one attached hydrogen (secondary N) is 1. The van der Waals surface area contributed by atoms with Crippen LogP contribution in [0.5, 0.6) is 0 Å². The van der Waals surface area contributed by atoms with Crippen LogP contribution in [-0.2, 0) is 0 Å². The summed E-state index contributed by atoms with van der Waals surface area (Å²) in [6.45, 7) is 0. The molecule has 2 aromatic heterocycles. The molecule has 0 aliphatic heterocycles. The van der Waals surface area contributed by atoms with Crippen LogP contribution in [0.4, 0.5) is 0 Å². The van der Waals surface area contributed by atoms with Crippen molar-refractivity contribution in [1.29, 1.82) is 0 Å². The molecule has 0 bridgehead atoms. The van der Waals surface area contributed by atoms with E-state index in [1.165, 1.54) is 24.3 Å². The molecule has 0 aliphatic rings. The molecule has 2 rings (SSSR count). The van der Waals surface area contributed by atoms with Crippen LogP contribution in [0.2, 0.25) is 0 Å². The fourth-order valence-electron chi connectivity index (χ4n) is 0.969. The average molecular weight is 194 g/mol. The fraction of sp³-hybridized carbons (Fsp3) is 0.143. The number of hydrogen-bond acceptors (Lipinski definition) is 5. The predicted octanol–water partition coefficient (Wildman–Crippen LogP) is 0.435. The number of fused-ring (bicyclic) bond motifs is 1. The van der Waals surface area contributed by atoms with Gasteiger partial charge in [0.25, 0.3) is 5.56 Å². The van der Waals surface area contributed by atoms with E-state index in [4.69, 9.17) is 0 Å². The van der Waals surface area contributed by atoms with Gasteiger partial charge in [-0.25, -0.2) is 15.0 Å². The van der Waals surface area contributed by atoms with E-state index >= 15 is 0 Å². The SMILES string of the molecule is CSc1nc2cncnc2c(=O)[nH]1. The summed E-state index contributed by atoms with van der Waals surface area (Å²) in [4.78, 5) is 25.7. The predicted molar refractivity (Wildman–Crippen MR) is 49.7 cm³/mol. The lowest BCUT2D eigenvalue weighted by Crippen LogP contribution is -2.10. The maximum absolute atomic E-state index is 11.4. The second kappa shape index (κ2) is 3.14. The third kappa shape index (κ3) is 1.40. The Labute approximate surface area is 77.6 Å². The molecule has 66 valence electrons.